The van der Waals surface area contributed by atoms with Gasteiger partial charge in [0, 0.05) is 0 Å². The van der Waals surface area contributed by atoms with E-state index >= 15 is 0 Å². The van der Waals surface area contributed by atoms with E-state index in [-0.39, 0.29) is 4.90 Å². The molecule has 20 heavy (non-hydrogen) atoms. The maximum absolute atomic E-state index is 12.5. The molecule has 1 aromatic rings. The van der Waals surface area contributed by atoms with E-state index in [0.717, 1.165) is 5.56 Å². The number of aryl methyl sites for hydroxylation is 1. The molecule has 3 nitrogen and oxygen atoms in total. The lowest BCUT2D eigenvalue weighted by Crippen LogP contribution is -2.27. The van der Waals surface area contributed by atoms with Gasteiger partial charge >= 0.3 is 6.18 Å². The van der Waals surface area contributed by atoms with Gasteiger partial charge in [-0.3, -0.25) is 4.18 Å². The van der Waals surface area contributed by atoms with Gasteiger partial charge in [-0.05, 0) is 31.7 Å². The molecule has 0 aliphatic heterocycles. The first kappa shape index (κ1) is 17.3. The second kappa shape index (κ2) is 6.82. The second-order valence-corrected chi connectivity index (χ2v) is 6.80. The molecule has 0 heterocycles. The highest BCUT2D eigenvalue weighted by atomic mass is 32.2. The highest BCUT2D eigenvalue weighted by Gasteiger charge is 2.38. The molecular weight excluding hydrogens is 313 g/mol. The predicted molar refractivity (Wildman–Crippen MR) is 72.3 cm³/mol. The number of halogens is 3. The summed E-state index contributed by atoms with van der Waals surface area (Å²) in [4.78, 5) is -0.0594. The van der Waals surface area contributed by atoms with Crippen LogP contribution in [0.4, 0.5) is 13.2 Å². The van der Waals surface area contributed by atoms with Crippen LogP contribution in [0.5, 0.6) is 0 Å². The van der Waals surface area contributed by atoms with Crippen LogP contribution < -0.4 is 0 Å². The largest absolute Gasteiger partial charge is 0.400 e. The van der Waals surface area contributed by atoms with E-state index in [0.29, 0.717) is 11.8 Å². The van der Waals surface area contributed by atoms with E-state index in [4.69, 9.17) is 0 Å². The molecule has 1 atom stereocenters. The molecule has 0 bridgehead atoms. The van der Waals surface area contributed by atoms with Gasteiger partial charge in [0.05, 0.1) is 11.5 Å². The van der Waals surface area contributed by atoms with Crippen LogP contribution in [0.2, 0.25) is 0 Å². The standard InChI is InChI=1S/C12H15F3O3S2/c1-9-3-5-10(6-4-9)20(16,17)18-8-7-11(19-2)12(13,14)15/h3-6,11H,7-8H2,1-2H3. The first-order chi connectivity index (χ1) is 9.16. The molecule has 0 aromatic heterocycles. The molecule has 1 unspecified atom stereocenters. The van der Waals surface area contributed by atoms with Crippen molar-refractivity contribution in [2.24, 2.45) is 0 Å². The van der Waals surface area contributed by atoms with Crippen molar-refractivity contribution in [2.75, 3.05) is 12.9 Å². The average molecular weight is 328 g/mol. The van der Waals surface area contributed by atoms with Crippen LogP contribution in [0.25, 0.3) is 0 Å². The summed E-state index contributed by atoms with van der Waals surface area (Å²) in [5.74, 6) is 0. The summed E-state index contributed by atoms with van der Waals surface area (Å²) in [6.07, 6.45) is -3.45. The molecule has 0 aliphatic rings. The molecule has 1 rings (SSSR count). The summed E-state index contributed by atoms with van der Waals surface area (Å²) >= 11 is 0.625. The fourth-order valence-corrected chi connectivity index (χ4v) is 2.97. The minimum atomic E-state index is -4.36. The van der Waals surface area contributed by atoms with E-state index < -0.39 is 34.6 Å². The van der Waals surface area contributed by atoms with Crippen molar-refractivity contribution in [3.63, 3.8) is 0 Å². The van der Waals surface area contributed by atoms with Crippen LogP contribution in [0.1, 0.15) is 12.0 Å². The number of alkyl halides is 3. The molecule has 114 valence electrons. The van der Waals surface area contributed by atoms with E-state index in [1.807, 2.05) is 0 Å². The molecule has 1 aromatic carbocycles. The Bertz CT molecular complexity index is 524. The molecule has 0 spiro atoms. The summed E-state index contributed by atoms with van der Waals surface area (Å²) in [6.45, 7) is 1.30. The van der Waals surface area contributed by atoms with Crippen molar-refractivity contribution in [1.29, 1.82) is 0 Å². The Balaban J connectivity index is 2.62. The third kappa shape index (κ3) is 4.99. The zero-order valence-corrected chi connectivity index (χ0v) is 12.6. The smallest absolute Gasteiger partial charge is 0.266 e. The highest BCUT2D eigenvalue weighted by molar-refractivity contribution is 7.99. The van der Waals surface area contributed by atoms with Gasteiger partial charge in [-0.2, -0.15) is 33.4 Å². The van der Waals surface area contributed by atoms with Gasteiger partial charge in [0.25, 0.3) is 10.1 Å². The molecule has 0 saturated carbocycles. The van der Waals surface area contributed by atoms with Crippen molar-refractivity contribution in [1.82, 2.24) is 0 Å². The van der Waals surface area contributed by atoms with Crippen LogP contribution in [-0.2, 0) is 14.3 Å². The van der Waals surface area contributed by atoms with Gasteiger partial charge in [-0.25, -0.2) is 0 Å². The van der Waals surface area contributed by atoms with Crippen molar-refractivity contribution < 1.29 is 25.8 Å². The van der Waals surface area contributed by atoms with E-state index in [2.05, 4.69) is 4.18 Å². The number of hydrogen-bond donors (Lipinski definition) is 0. The topological polar surface area (TPSA) is 43.4 Å². The summed E-state index contributed by atoms with van der Waals surface area (Å²) in [5, 5.41) is -1.63. The Kier molecular flexibility index (Phi) is 5.91. The van der Waals surface area contributed by atoms with E-state index in [1.165, 1.54) is 18.4 Å². The molecule has 0 amide bonds. The first-order valence-corrected chi connectivity index (χ1v) is 8.42. The lowest BCUT2D eigenvalue weighted by molar-refractivity contribution is -0.130. The molecule has 0 saturated heterocycles. The Morgan fingerprint density at radius 2 is 1.80 bits per heavy atom. The fraction of sp³-hybridized carbons (Fsp3) is 0.500. The van der Waals surface area contributed by atoms with E-state index in [9.17, 15) is 21.6 Å². The Labute approximate surface area is 120 Å². The molecule has 0 radical (unpaired) electrons. The van der Waals surface area contributed by atoms with Gasteiger partial charge in [-0.1, -0.05) is 17.7 Å². The number of benzene rings is 1. The zero-order chi connectivity index (χ0) is 15.4. The van der Waals surface area contributed by atoms with Gasteiger partial charge in [-0.15, -0.1) is 0 Å². The van der Waals surface area contributed by atoms with E-state index in [1.54, 1.807) is 19.1 Å². The lowest BCUT2D eigenvalue weighted by Gasteiger charge is -2.17. The quantitative estimate of drug-likeness (QED) is 0.751. The van der Waals surface area contributed by atoms with Gasteiger partial charge < -0.3 is 0 Å². The van der Waals surface area contributed by atoms with Crippen LogP contribution in [0, 0.1) is 6.92 Å². The SMILES string of the molecule is CSC(CCOS(=O)(=O)c1ccc(C)cc1)C(F)(F)F. The predicted octanol–water partition coefficient (Wildman–Crippen LogP) is 3.38. The highest BCUT2D eigenvalue weighted by Crippen LogP contribution is 2.31. The molecule has 0 fully saturated rings. The minimum absolute atomic E-state index is 0.0594. The fourth-order valence-electron chi connectivity index (χ4n) is 1.45. The molecule has 0 aliphatic carbocycles. The van der Waals surface area contributed by atoms with Crippen LogP contribution in [-0.4, -0.2) is 32.7 Å². The third-order valence-electron chi connectivity index (χ3n) is 2.58. The minimum Gasteiger partial charge on any atom is -0.266 e. The number of rotatable bonds is 6. The Morgan fingerprint density at radius 1 is 1.25 bits per heavy atom. The lowest BCUT2D eigenvalue weighted by atomic mass is 10.2. The van der Waals surface area contributed by atoms with Crippen molar-refractivity contribution in [3.05, 3.63) is 29.8 Å². The summed E-state index contributed by atoms with van der Waals surface area (Å²) in [6, 6.07) is 5.91. The van der Waals surface area contributed by atoms with Crippen molar-refractivity contribution >= 4 is 21.9 Å². The van der Waals surface area contributed by atoms with Crippen molar-refractivity contribution in [3.8, 4) is 0 Å². The maximum atomic E-state index is 12.5. The van der Waals surface area contributed by atoms with Gasteiger partial charge in [0.2, 0.25) is 0 Å². The zero-order valence-electron chi connectivity index (χ0n) is 11.0. The van der Waals surface area contributed by atoms with Crippen molar-refractivity contribution in [2.45, 2.75) is 29.7 Å². The van der Waals surface area contributed by atoms with Crippen LogP contribution >= 0.6 is 11.8 Å². The Morgan fingerprint density at radius 3 is 2.25 bits per heavy atom. The molecule has 0 N–H and O–H groups in total. The number of thioether (sulfide) groups is 1. The summed E-state index contributed by atoms with van der Waals surface area (Å²) < 4.78 is 65.6. The summed E-state index contributed by atoms with van der Waals surface area (Å²) in [7, 11) is -4.00. The monoisotopic (exact) mass is 328 g/mol. The Hall–Kier alpha value is -0.730. The average Bonchev–Trinajstić information content (AvgIpc) is 2.33. The molecule has 8 heteroatoms. The van der Waals surface area contributed by atoms with Crippen LogP contribution in [0.15, 0.2) is 29.2 Å². The van der Waals surface area contributed by atoms with Crippen LogP contribution in [0.3, 0.4) is 0 Å². The first-order valence-electron chi connectivity index (χ1n) is 5.72. The second-order valence-electron chi connectivity index (χ2n) is 4.14. The number of hydrogen-bond acceptors (Lipinski definition) is 4. The normalized spacial score (nSPS) is 14.2. The third-order valence-corrected chi connectivity index (χ3v) is 4.98. The summed E-state index contributed by atoms with van der Waals surface area (Å²) in [5.41, 5.74) is 0.878. The molecular formula is C12H15F3O3S2. The maximum Gasteiger partial charge on any atom is 0.400 e. The van der Waals surface area contributed by atoms with Gasteiger partial charge in [0.15, 0.2) is 0 Å². The van der Waals surface area contributed by atoms with Gasteiger partial charge in [0.1, 0.15) is 5.25 Å².